The molecule has 304 valence electrons. The minimum atomic E-state index is 0.0163. The van der Waals surface area contributed by atoms with Crippen LogP contribution in [-0.4, -0.2) is 25.2 Å². The molecule has 0 radical (unpaired) electrons. The molecule has 0 aliphatic heterocycles. The lowest BCUT2D eigenvalue weighted by molar-refractivity contribution is -0.144. The molecule has 4 nitrogen and oxygen atoms in total. The molecule has 0 aromatic carbocycles. The molecular formula is C47H92O4. The summed E-state index contributed by atoms with van der Waals surface area (Å²) < 4.78 is 10.9. The highest BCUT2D eigenvalue weighted by Gasteiger charge is 2.04. The molecule has 0 unspecified atom stereocenters. The van der Waals surface area contributed by atoms with Gasteiger partial charge in [0.15, 0.2) is 0 Å². The van der Waals surface area contributed by atoms with Gasteiger partial charge in [-0.15, -0.1) is 0 Å². The minimum absolute atomic E-state index is 0.0163. The Labute approximate surface area is 320 Å². The first-order valence-corrected chi connectivity index (χ1v) is 23.5. The van der Waals surface area contributed by atoms with Gasteiger partial charge in [0, 0.05) is 12.8 Å². The smallest absolute Gasteiger partial charge is 0.305 e. The van der Waals surface area contributed by atoms with Gasteiger partial charge in [0.25, 0.3) is 0 Å². The Hall–Kier alpha value is -1.06. The quantitative estimate of drug-likeness (QED) is 0.0464. The van der Waals surface area contributed by atoms with Crippen molar-refractivity contribution in [1.82, 2.24) is 0 Å². The standard InChI is InChI=1S/C47H92O4/c1-3-5-7-9-11-13-28-32-36-40-44-50-46(48)42-38-34-30-26-24-22-20-18-16-15-17-19-21-23-25-27-31-35-39-43-47(49)51-45-41-37-33-29-14-12-10-8-6-4-2/h3-45H2,1-2H3. The molecule has 0 fully saturated rings. The minimum Gasteiger partial charge on any atom is -0.466 e. The van der Waals surface area contributed by atoms with E-state index in [4.69, 9.17) is 9.47 Å². The van der Waals surface area contributed by atoms with Crippen LogP contribution in [0.4, 0.5) is 0 Å². The van der Waals surface area contributed by atoms with E-state index in [1.165, 1.54) is 225 Å². The van der Waals surface area contributed by atoms with Gasteiger partial charge in [-0.05, 0) is 25.7 Å². The Morgan fingerprint density at radius 1 is 0.255 bits per heavy atom. The van der Waals surface area contributed by atoms with Gasteiger partial charge in [0.2, 0.25) is 0 Å². The summed E-state index contributed by atoms with van der Waals surface area (Å²) in [5.74, 6) is 0.0325. The average molecular weight is 721 g/mol. The maximum absolute atomic E-state index is 11.9. The van der Waals surface area contributed by atoms with E-state index in [0.29, 0.717) is 26.1 Å². The summed E-state index contributed by atoms with van der Waals surface area (Å²) in [5.41, 5.74) is 0. The van der Waals surface area contributed by atoms with Crippen LogP contribution in [0, 0.1) is 0 Å². The van der Waals surface area contributed by atoms with E-state index in [9.17, 15) is 9.59 Å². The summed E-state index contributed by atoms with van der Waals surface area (Å²) in [6.07, 6.45) is 52.2. The second-order valence-electron chi connectivity index (χ2n) is 16.0. The summed E-state index contributed by atoms with van der Waals surface area (Å²) in [7, 11) is 0. The molecule has 0 aromatic rings. The molecule has 0 atom stereocenters. The molecule has 0 aliphatic carbocycles. The van der Waals surface area contributed by atoms with Crippen LogP contribution in [0.15, 0.2) is 0 Å². The Morgan fingerprint density at radius 3 is 0.647 bits per heavy atom. The van der Waals surface area contributed by atoms with Crippen LogP contribution in [0.25, 0.3) is 0 Å². The number of carbonyl (C=O) groups excluding carboxylic acids is 2. The van der Waals surface area contributed by atoms with E-state index in [0.717, 1.165) is 25.7 Å². The third-order valence-corrected chi connectivity index (χ3v) is 10.8. The fraction of sp³-hybridized carbons (Fsp3) is 0.957. The predicted octanol–water partition coefficient (Wildman–Crippen LogP) is 16.1. The third kappa shape index (κ3) is 45.0. The Kier molecular flexibility index (Phi) is 44.2. The molecule has 0 saturated heterocycles. The first-order valence-electron chi connectivity index (χ1n) is 23.5. The zero-order valence-electron chi connectivity index (χ0n) is 35.0. The zero-order valence-corrected chi connectivity index (χ0v) is 35.0. The van der Waals surface area contributed by atoms with E-state index in [1.54, 1.807) is 0 Å². The normalized spacial score (nSPS) is 11.3. The van der Waals surface area contributed by atoms with Gasteiger partial charge in [-0.2, -0.15) is 0 Å². The summed E-state index contributed by atoms with van der Waals surface area (Å²) in [4.78, 5) is 23.9. The summed E-state index contributed by atoms with van der Waals surface area (Å²) in [6.45, 7) is 5.79. The molecule has 51 heavy (non-hydrogen) atoms. The predicted molar refractivity (Wildman–Crippen MR) is 223 cm³/mol. The molecule has 0 saturated carbocycles. The maximum Gasteiger partial charge on any atom is 0.305 e. The van der Waals surface area contributed by atoms with Crippen LogP contribution in [0.3, 0.4) is 0 Å². The molecule has 4 heteroatoms. The Balaban J connectivity index is 3.18. The van der Waals surface area contributed by atoms with Gasteiger partial charge < -0.3 is 9.47 Å². The molecule has 0 aromatic heterocycles. The lowest BCUT2D eigenvalue weighted by Gasteiger charge is -2.06. The summed E-state index contributed by atoms with van der Waals surface area (Å²) in [6, 6.07) is 0. The van der Waals surface area contributed by atoms with Crippen molar-refractivity contribution >= 4 is 11.9 Å². The molecule has 0 aliphatic rings. The van der Waals surface area contributed by atoms with E-state index >= 15 is 0 Å². The van der Waals surface area contributed by atoms with Crippen molar-refractivity contribution in [3.8, 4) is 0 Å². The lowest BCUT2D eigenvalue weighted by atomic mass is 10.0. The number of esters is 2. The fourth-order valence-electron chi connectivity index (χ4n) is 7.24. The van der Waals surface area contributed by atoms with Crippen molar-refractivity contribution in [2.45, 2.75) is 277 Å². The Bertz CT molecular complexity index is 621. The maximum atomic E-state index is 11.9. The molecule has 0 N–H and O–H groups in total. The molecule has 0 amide bonds. The molecule has 0 bridgehead atoms. The second-order valence-corrected chi connectivity index (χ2v) is 16.0. The van der Waals surface area contributed by atoms with E-state index in [-0.39, 0.29) is 11.9 Å². The van der Waals surface area contributed by atoms with Crippen molar-refractivity contribution < 1.29 is 19.1 Å². The highest BCUT2D eigenvalue weighted by atomic mass is 16.5. The SMILES string of the molecule is CCCCCCCCCCCCOC(=O)CCCCCCCCCCCCCCCCCCCCCC(=O)OCCCCCCCCCCCC. The van der Waals surface area contributed by atoms with Crippen molar-refractivity contribution in [2.75, 3.05) is 13.2 Å². The van der Waals surface area contributed by atoms with Crippen LogP contribution in [-0.2, 0) is 19.1 Å². The first kappa shape index (κ1) is 49.9. The van der Waals surface area contributed by atoms with Crippen molar-refractivity contribution in [3.05, 3.63) is 0 Å². The largest absolute Gasteiger partial charge is 0.466 e. The van der Waals surface area contributed by atoms with Gasteiger partial charge >= 0.3 is 11.9 Å². The van der Waals surface area contributed by atoms with Crippen LogP contribution in [0.5, 0.6) is 0 Å². The van der Waals surface area contributed by atoms with Gasteiger partial charge in [0.05, 0.1) is 13.2 Å². The van der Waals surface area contributed by atoms with E-state index in [2.05, 4.69) is 13.8 Å². The second kappa shape index (κ2) is 45.1. The van der Waals surface area contributed by atoms with Crippen LogP contribution < -0.4 is 0 Å². The van der Waals surface area contributed by atoms with Crippen molar-refractivity contribution in [2.24, 2.45) is 0 Å². The number of rotatable bonds is 44. The van der Waals surface area contributed by atoms with E-state index < -0.39 is 0 Å². The average Bonchev–Trinajstić information content (AvgIpc) is 3.13. The van der Waals surface area contributed by atoms with Gasteiger partial charge in [0.1, 0.15) is 0 Å². The van der Waals surface area contributed by atoms with Crippen molar-refractivity contribution in [3.63, 3.8) is 0 Å². The number of hydrogen-bond acceptors (Lipinski definition) is 4. The zero-order chi connectivity index (χ0) is 37.0. The Morgan fingerprint density at radius 2 is 0.431 bits per heavy atom. The van der Waals surface area contributed by atoms with E-state index in [1.807, 2.05) is 0 Å². The summed E-state index contributed by atoms with van der Waals surface area (Å²) in [5, 5.41) is 0. The molecule has 0 spiro atoms. The number of ether oxygens (including phenoxy) is 2. The molecule has 0 heterocycles. The van der Waals surface area contributed by atoms with Crippen LogP contribution >= 0.6 is 0 Å². The first-order chi connectivity index (χ1) is 25.2. The highest BCUT2D eigenvalue weighted by molar-refractivity contribution is 5.69. The monoisotopic (exact) mass is 721 g/mol. The number of unbranched alkanes of at least 4 members (excludes halogenated alkanes) is 36. The van der Waals surface area contributed by atoms with Gasteiger partial charge in [-0.25, -0.2) is 0 Å². The molecule has 0 rings (SSSR count). The van der Waals surface area contributed by atoms with Gasteiger partial charge in [-0.3, -0.25) is 9.59 Å². The highest BCUT2D eigenvalue weighted by Crippen LogP contribution is 2.16. The topological polar surface area (TPSA) is 52.6 Å². The van der Waals surface area contributed by atoms with Crippen LogP contribution in [0.1, 0.15) is 277 Å². The fourth-order valence-corrected chi connectivity index (χ4v) is 7.24. The number of hydrogen-bond donors (Lipinski definition) is 0. The molecular weight excluding hydrogens is 629 g/mol. The van der Waals surface area contributed by atoms with Crippen molar-refractivity contribution in [1.29, 1.82) is 0 Å². The third-order valence-electron chi connectivity index (χ3n) is 10.8. The summed E-state index contributed by atoms with van der Waals surface area (Å²) >= 11 is 0. The lowest BCUT2D eigenvalue weighted by Crippen LogP contribution is -2.05. The van der Waals surface area contributed by atoms with Crippen LogP contribution in [0.2, 0.25) is 0 Å². The number of carbonyl (C=O) groups is 2. The van der Waals surface area contributed by atoms with Gasteiger partial charge in [-0.1, -0.05) is 239 Å².